The number of benzene rings is 2. The second-order valence-electron chi connectivity index (χ2n) is 6.06. The molecule has 11 heteroatoms. The van der Waals surface area contributed by atoms with Crippen LogP contribution in [0.15, 0.2) is 34.5 Å². The Balaban J connectivity index is 2.35. The van der Waals surface area contributed by atoms with Crippen molar-refractivity contribution < 1.29 is 28.5 Å². The second-order valence-corrected chi connectivity index (χ2v) is 6.88. The summed E-state index contributed by atoms with van der Waals surface area (Å²) in [5.41, 5.74) is 0.383. The molecule has 1 unspecified atom stereocenters. The number of nitrogens with zero attached hydrogens (tertiary/aromatic N) is 2. The minimum absolute atomic E-state index is 0.160. The lowest BCUT2D eigenvalue weighted by atomic mass is 10.2. The highest BCUT2D eigenvalue weighted by Gasteiger charge is 2.26. The summed E-state index contributed by atoms with van der Waals surface area (Å²) >= 11 is 12.3. The summed E-state index contributed by atoms with van der Waals surface area (Å²) in [5, 5.41) is 10.8. The minimum atomic E-state index is -1.45. The fraction of sp³-hybridized carbons (Fsp3) is 0.300. The number of methoxy groups -OCH3 is 4. The molecule has 9 nitrogen and oxygen atoms in total. The van der Waals surface area contributed by atoms with E-state index in [1.165, 1.54) is 59.6 Å². The van der Waals surface area contributed by atoms with Crippen LogP contribution in [0.25, 0.3) is 0 Å². The van der Waals surface area contributed by atoms with E-state index in [1.54, 1.807) is 0 Å². The number of ketones is 1. The van der Waals surface area contributed by atoms with Crippen molar-refractivity contribution >= 4 is 46.3 Å². The Morgan fingerprint density at radius 2 is 1.52 bits per heavy atom. The van der Waals surface area contributed by atoms with Gasteiger partial charge in [0.2, 0.25) is 6.04 Å². The first-order valence-corrected chi connectivity index (χ1v) is 9.56. The molecule has 0 saturated carbocycles. The van der Waals surface area contributed by atoms with Crippen LogP contribution in [0.3, 0.4) is 0 Å². The summed E-state index contributed by atoms with van der Waals surface area (Å²) in [5.74, 6) is 0.0717. The molecule has 166 valence electrons. The lowest BCUT2D eigenvalue weighted by Gasteiger charge is -2.15. The van der Waals surface area contributed by atoms with E-state index in [-0.39, 0.29) is 27.2 Å². The Labute approximate surface area is 189 Å². The van der Waals surface area contributed by atoms with Gasteiger partial charge in [-0.2, -0.15) is 10.2 Å². The van der Waals surface area contributed by atoms with Crippen molar-refractivity contribution in [3.05, 3.63) is 34.3 Å². The summed E-state index contributed by atoms with van der Waals surface area (Å²) in [6, 6.07) is 4.54. The van der Waals surface area contributed by atoms with Crippen molar-refractivity contribution in [2.24, 2.45) is 10.2 Å². The van der Waals surface area contributed by atoms with Crippen LogP contribution in [-0.4, -0.2) is 46.2 Å². The summed E-state index contributed by atoms with van der Waals surface area (Å²) in [4.78, 5) is 24.8. The molecule has 1 atom stereocenters. The van der Waals surface area contributed by atoms with Gasteiger partial charge in [-0.15, -0.1) is 0 Å². The molecule has 0 spiro atoms. The summed E-state index contributed by atoms with van der Waals surface area (Å²) in [7, 11) is 5.75. The second kappa shape index (κ2) is 10.8. The van der Waals surface area contributed by atoms with E-state index in [0.29, 0.717) is 17.2 Å². The number of hydrogen-bond acceptors (Lipinski definition) is 8. The van der Waals surface area contributed by atoms with Crippen LogP contribution in [0, 0.1) is 0 Å². The molecule has 0 saturated heterocycles. The Morgan fingerprint density at radius 1 is 0.871 bits per heavy atom. The number of anilines is 1. The lowest BCUT2D eigenvalue weighted by molar-refractivity contribution is -0.126. The molecule has 2 aromatic carbocycles. The first-order chi connectivity index (χ1) is 14.7. The number of azo groups is 1. The molecular formula is C20H21Cl2N3O6. The summed E-state index contributed by atoms with van der Waals surface area (Å²) in [6.45, 7) is 1.22. The molecule has 31 heavy (non-hydrogen) atoms. The molecule has 0 aromatic heterocycles. The van der Waals surface area contributed by atoms with Gasteiger partial charge in [0.25, 0.3) is 5.91 Å². The van der Waals surface area contributed by atoms with Crippen molar-refractivity contribution in [3.63, 3.8) is 0 Å². The van der Waals surface area contributed by atoms with E-state index >= 15 is 0 Å². The monoisotopic (exact) mass is 469 g/mol. The molecule has 0 heterocycles. The quantitative estimate of drug-likeness (QED) is 0.420. The van der Waals surface area contributed by atoms with Gasteiger partial charge in [-0.3, -0.25) is 9.59 Å². The van der Waals surface area contributed by atoms with E-state index in [2.05, 4.69) is 15.5 Å². The first kappa shape index (κ1) is 24.2. The number of carbonyl (C=O) groups is 2. The third-order valence-corrected chi connectivity index (χ3v) is 4.69. The van der Waals surface area contributed by atoms with Gasteiger partial charge in [0, 0.05) is 18.2 Å². The van der Waals surface area contributed by atoms with Crippen LogP contribution in [0.5, 0.6) is 23.0 Å². The number of carbonyl (C=O) groups excluding carboxylic acids is 2. The number of amides is 1. The molecule has 1 N–H and O–H groups in total. The highest BCUT2D eigenvalue weighted by molar-refractivity contribution is 6.34. The van der Waals surface area contributed by atoms with Crippen molar-refractivity contribution in [2.45, 2.75) is 13.0 Å². The van der Waals surface area contributed by atoms with Gasteiger partial charge in [0.1, 0.15) is 34.4 Å². The zero-order valence-electron chi connectivity index (χ0n) is 17.5. The van der Waals surface area contributed by atoms with Crippen molar-refractivity contribution in [1.29, 1.82) is 0 Å². The molecule has 0 fully saturated rings. The maximum absolute atomic E-state index is 12.8. The molecule has 2 rings (SSSR count). The molecule has 0 aliphatic rings. The average Bonchev–Trinajstić information content (AvgIpc) is 2.74. The SMILES string of the molecule is COc1cc(Cl)c(NC(=O)C(N=Nc2cc(Cl)c(OC)cc2OC)C(C)=O)c(OC)c1. The van der Waals surface area contributed by atoms with Gasteiger partial charge in [-0.25, -0.2) is 0 Å². The van der Waals surface area contributed by atoms with Crippen molar-refractivity contribution in [3.8, 4) is 23.0 Å². The normalized spacial score (nSPS) is 11.7. The minimum Gasteiger partial charge on any atom is -0.497 e. The van der Waals surface area contributed by atoms with E-state index in [1.807, 2.05) is 0 Å². The topological polar surface area (TPSA) is 108 Å². The smallest absolute Gasteiger partial charge is 0.258 e. The Kier molecular flexibility index (Phi) is 8.47. The predicted molar refractivity (Wildman–Crippen MR) is 117 cm³/mol. The zero-order chi connectivity index (χ0) is 23.1. The first-order valence-electron chi connectivity index (χ1n) is 8.80. The van der Waals surface area contributed by atoms with Gasteiger partial charge >= 0.3 is 0 Å². The molecule has 0 radical (unpaired) electrons. The lowest BCUT2D eigenvalue weighted by Crippen LogP contribution is -2.32. The van der Waals surface area contributed by atoms with Crippen LogP contribution < -0.4 is 24.3 Å². The highest BCUT2D eigenvalue weighted by atomic mass is 35.5. The molecule has 0 bridgehead atoms. The van der Waals surface area contributed by atoms with E-state index in [0.717, 1.165) is 0 Å². The van der Waals surface area contributed by atoms with Gasteiger partial charge in [-0.05, 0) is 13.0 Å². The highest BCUT2D eigenvalue weighted by Crippen LogP contribution is 2.39. The molecule has 0 aliphatic carbocycles. The predicted octanol–water partition coefficient (Wildman–Crippen LogP) is 4.71. The van der Waals surface area contributed by atoms with Gasteiger partial charge in [0.15, 0.2) is 5.78 Å². The fourth-order valence-corrected chi connectivity index (χ4v) is 2.99. The molecule has 0 aliphatic heterocycles. The largest absolute Gasteiger partial charge is 0.497 e. The molecular weight excluding hydrogens is 449 g/mol. The standard InChI is InChI=1S/C20H21Cl2N3O6/c1-10(26)18(25-24-14-8-12(21)15(29-3)9-16(14)30-4)20(27)23-19-13(22)6-11(28-2)7-17(19)31-5/h6-9,18H,1-5H3,(H,23,27). The van der Waals surface area contributed by atoms with E-state index in [4.69, 9.17) is 42.1 Å². The molecule has 2 aromatic rings. The zero-order valence-corrected chi connectivity index (χ0v) is 19.0. The number of nitrogens with one attached hydrogen (secondary N) is 1. The summed E-state index contributed by atoms with van der Waals surface area (Å²) < 4.78 is 20.7. The van der Waals surface area contributed by atoms with E-state index < -0.39 is 17.7 Å². The van der Waals surface area contributed by atoms with Crippen LogP contribution in [0.4, 0.5) is 11.4 Å². The van der Waals surface area contributed by atoms with Gasteiger partial charge in [-0.1, -0.05) is 23.2 Å². The average molecular weight is 470 g/mol. The van der Waals surface area contributed by atoms with Crippen LogP contribution >= 0.6 is 23.2 Å². The number of hydrogen-bond donors (Lipinski definition) is 1. The van der Waals surface area contributed by atoms with Crippen LogP contribution in [0.2, 0.25) is 10.0 Å². The Morgan fingerprint density at radius 3 is 2.06 bits per heavy atom. The number of ether oxygens (including phenoxy) is 4. The molecule has 1 amide bonds. The van der Waals surface area contributed by atoms with Gasteiger partial charge < -0.3 is 24.3 Å². The van der Waals surface area contributed by atoms with Gasteiger partial charge in [0.05, 0.1) is 38.5 Å². The Bertz CT molecular complexity index is 1010. The summed E-state index contributed by atoms with van der Waals surface area (Å²) in [6.07, 6.45) is 0. The van der Waals surface area contributed by atoms with Crippen LogP contribution in [0.1, 0.15) is 6.92 Å². The number of Topliss-reactive ketones (excluding diaryl/α,β-unsaturated/α-hetero) is 1. The maximum atomic E-state index is 12.8. The number of halogens is 2. The van der Waals surface area contributed by atoms with Crippen LogP contribution in [-0.2, 0) is 9.59 Å². The maximum Gasteiger partial charge on any atom is 0.258 e. The fourth-order valence-electron chi connectivity index (χ4n) is 2.51. The third kappa shape index (κ3) is 5.77. The van der Waals surface area contributed by atoms with Crippen molar-refractivity contribution in [1.82, 2.24) is 0 Å². The Hall–Kier alpha value is -3.04. The van der Waals surface area contributed by atoms with E-state index in [9.17, 15) is 9.59 Å². The van der Waals surface area contributed by atoms with Crippen molar-refractivity contribution in [2.75, 3.05) is 33.8 Å². The number of rotatable bonds is 9. The third-order valence-electron chi connectivity index (χ3n) is 4.10.